The summed E-state index contributed by atoms with van der Waals surface area (Å²) in [5.74, 6) is -0.111. The van der Waals surface area contributed by atoms with Crippen LogP contribution >= 0.6 is 31.9 Å². The number of halogens is 2. The van der Waals surface area contributed by atoms with Crippen molar-refractivity contribution in [3.05, 3.63) is 0 Å². The van der Waals surface area contributed by atoms with Crippen molar-refractivity contribution in [1.82, 2.24) is 0 Å². The van der Waals surface area contributed by atoms with E-state index in [-0.39, 0.29) is 10.8 Å². The molecule has 0 spiro atoms. The first-order valence-corrected chi connectivity index (χ1v) is 12.1. The van der Waals surface area contributed by atoms with E-state index in [0.717, 1.165) is 18.2 Å². The van der Waals surface area contributed by atoms with E-state index in [4.69, 9.17) is 4.74 Å². The third kappa shape index (κ3) is 17.3. The van der Waals surface area contributed by atoms with E-state index in [2.05, 4.69) is 31.9 Å². The summed E-state index contributed by atoms with van der Waals surface area (Å²) in [6, 6.07) is 0. The predicted molar refractivity (Wildman–Crippen MR) is 112 cm³/mol. The van der Waals surface area contributed by atoms with Gasteiger partial charge < -0.3 is 4.74 Å². The van der Waals surface area contributed by atoms with Crippen LogP contribution in [0.2, 0.25) is 0 Å². The molecule has 0 saturated heterocycles. The largest absolute Gasteiger partial charge is 0.465 e. The van der Waals surface area contributed by atoms with Gasteiger partial charge in [0.05, 0.1) is 6.61 Å². The molecule has 0 radical (unpaired) electrons. The average Bonchev–Trinajstić information content (AvgIpc) is 2.58. The van der Waals surface area contributed by atoms with Crippen LogP contribution in [-0.4, -0.2) is 22.7 Å². The standard InChI is InChI=1S/C20H38Br2O2/c1-2-24-20(23)19(22)17-15-13-11-9-7-5-3-4-6-8-10-12-14-16-18-21/h19H,2-18H2,1H3. The highest BCUT2D eigenvalue weighted by Crippen LogP contribution is 2.16. The molecule has 0 aromatic rings. The molecule has 0 rings (SSSR count). The number of esters is 1. The molecule has 0 amide bonds. The predicted octanol–water partition coefficient (Wildman–Crippen LogP) is 7.56. The van der Waals surface area contributed by atoms with Gasteiger partial charge in [0.15, 0.2) is 0 Å². The highest BCUT2D eigenvalue weighted by molar-refractivity contribution is 9.10. The fourth-order valence-corrected chi connectivity index (χ4v) is 3.74. The maximum absolute atomic E-state index is 11.5. The van der Waals surface area contributed by atoms with Crippen LogP contribution < -0.4 is 0 Å². The molecule has 0 aliphatic rings. The molecule has 0 fully saturated rings. The van der Waals surface area contributed by atoms with Gasteiger partial charge in [0.2, 0.25) is 0 Å². The molecule has 0 aliphatic carbocycles. The van der Waals surface area contributed by atoms with E-state index >= 15 is 0 Å². The van der Waals surface area contributed by atoms with Gasteiger partial charge in [-0.05, 0) is 19.8 Å². The van der Waals surface area contributed by atoms with Gasteiger partial charge in [-0.15, -0.1) is 0 Å². The van der Waals surface area contributed by atoms with Crippen LogP contribution in [0.5, 0.6) is 0 Å². The summed E-state index contributed by atoms with van der Waals surface area (Å²) in [5, 5.41) is 1.16. The number of hydrogen-bond acceptors (Lipinski definition) is 2. The molecule has 0 saturated carbocycles. The lowest BCUT2D eigenvalue weighted by atomic mass is 10.0. The highest BCUT2D eigenvalue weighted by atomic mass is 79.9. The van der Waals surface area contributed by atoms with Gasteiger partial charge >= 0.3 is 5.97 Å². The molecule has 0 aromatic heterocycles. The molecule has 0 aliphatic heterocycles. The van der Waals surface area contributed by atoms with E-state index in [1.807, 2.05) is 6.92 Å². The van der Waals surface area contributed by atoms with Crippen LogP contribution in [0.1, 0.15) is 103 Å². The van der Waals surface area contributed by atoms with E-state index in [1.165, 1.54) is 83.5 Å². The molecular weight excluding hydrogens is 432 g/mol. The quantitative estimate of drug-likeness (QED) is 0.117. The van der Waals surface area contributed by atoms with Crippen molar-refractivity contribution < 1.29 is 9.53 Å². The lowest BCUT2D eigenvalue weighted by Gasteiger charge is -2.08. The van der Waals surface area contributed by atoms with Gasteiger partial charge in [-0.25, -0.2) is 0 Å². The van der Waals surface area contributed by atoms with Crippen molar-refractivity contribution in [1.29, 1.82) is 0 Å². The maximum Gasteiger partial charge on any atom is 0.319 e. The second-order valence-corrected chi connectivity index (χ2v) is 8.55. The summed E-state index contributed by atoms with van der Waals surface area (Å²) in [7, 11) is 0. The molecule has 0 N–H and O–H groups in total. The van der Waals surface area contributed by atoms with Crippen LogP contribution in [0, 0.1) is 0 Å². The molecule has 24 heavy (non-hydrogen) atoms. The van der Waals surface area contributed by atoms with E-state index in [0.29, 0.717) is 6.61 Å². The first-order chi connectivity index (χ1) is 11.7. The van der Waals surface area contributed by atoms with Gasteiger partial charge in [-0.2, -0.15) is 0 Å². The van der Waals surface area contributed by atoms with Crippen molar-refractivity contribution in [2.45, 2.75) is 108 Å². The summed E-state index contributed by atoms with van der Waals surface area (Å²) in [6.07, 6.45) is 19.9. The van der Waals surface area contributed by atoms with Crippen LogP contribution in [0.15, 0.2) is 0 Å². The minimum atomic E-state index is -0.114. The smallest absolute Gasteiger partial charge is 0.319 e. The van der Waals surface area contributed by atoms with Crippen LogP contribution in [-0.2, 0) is 9.53 Å². The Kier molecular flexibility index (Phi) is 20.1. The van der Waals surface area contributed by atoms with Crippen molar-refractivity contribution in [3.63, 3.8) is 0 Å². The fraction of sp³-hybridized carbons (Fsp3) is 0.950. The second kappa shape index (κ2) is 19.8. The van der Waals surface area contributed by atoms with Crippen molar-refractivity contribution in [2.75, 3.05) is 11.9 Å². The number of carbonyl (C=O) groups excluding carboxylic acids is 1. The van der Waals surface area contributed by atoms with Crippen molar-refractivity contribution >= 4 is 37.8 Å². The van der Waals surface area contributed by atoms with Crippen LogP contribution in [0.4, 0.5) is 0 Å². The zero-order valence-corrected chi connectivity index (χ0v) is 18.8. The lowest BCUT2D eigenvalue weighted by Crippen LogP contribution is -2.17. The molecule has 4 heteroatoms. The number of rotatable bonds is 18. The van der Waals surface area contributed by atoms with Gasteiger partial charge in [0, 0.05) is 5.33 Å². The van der Waals surface area contributed by atoms with Gasteiger partial charge in [-0.3, -0.25) is 4.79 Å². The van der Waals surface area contributed by atoms with E-state index < -0.39 is 0 Å². The van der Waals surface area contributed by atoms with E-state index in [9.17, 15) is 4.79 Å². The highest BCUT2D eigenvalue weighted by Gasteiger charge is 2.14. The average molecular weight is 470 g/mol. The number of unbranched alkanes of at least 4 members (excludes halogenated alkanes) is 13. The molecule has 144 valence electrons. The van der Waals surface area contributed by atoms with Gasteiger partial charge in [0.1, 0.15) is 4.83 Å². The molecule has 0 bridgehead atoms. The Balaban J connectivity index is 3.14. The minimum Gasteiger partial charge on any atom is -0.465 e. The first-order valence-electron chi connectivity index (χ1n) is 10.1. The third-order valence-corrected chi connectivity index (χ3v) is 5.78. The zero-order chi connectivity index (χ0) is 17.9. The lowest BCUT2D eigenvalue weighted by molar-refractivity contribution is -0.142. The molecular formula is C20H38Br2O2. The SMILES string of the molecule is CCOC(=O)C(Br)CCCCCCCCCCCCCCCCBr. The summed E-state index contributed by atoms with van der Waals surface area (Å²) < 4.78 is 4.99. The number of alkyl halides is 2. The molecule has 1 unspecified atom stereocenters. The Hall–Kier alpha value is 0.430. The Morgan fingerprint density at radius 2 is 1.12 bits per heavy atom. The first kappa shape index (κ1) is 24.4. The second-order valence-electron chi connectivity index (χ2n) is 6.65. The molecule has 0 aromatic carbocycles. The fourth-order valence-electron chi connectivity index (χ4n) is 2.89. The number of ether oxygens (including phenoxy) is 1. The Labute approximate surface area is 167 Å². The Bertz CT molecular complexity index is 272. The summed E-state index contributed by atoms with van der Waals surface area (Å²) in [6.45, 7) is 2.32. The summed E-state index contributed by atoms with van der Waals surface area (Å²) >= 11 is 6.89. The molecule has 0 heterocycles. The molecule has 1 atom stereocenters. The summed E-state index contributed by atoms with van der Waals surface area (Å²) in [5.41, 5.74) is 0. The van der Waals surface area contributed by atoms with Crippen LogP contribution in [0.25, 0.3) is 0 Å². The minimum absolute atomic E-state index is 0.111. The molecule has 2 nitrogen and oxygen atoms in total. The van der Waals surface area contributed by atoms with E-state index in [1.54, 1.807) is 0 Å². The monoisotopic (exact) mass is 468 g/mol. The van der Waals surface area contributed by atoms with Gasteiger partial charge in [-0.1, -0.05) is 115 Å². The number of hydrogen-bond donors (Lipinski definition) is 0. The Morgan fingerprint density at radius 3 is 1.50 bits per heavy atom. The third-order valence-electron chi connectivity index (χ3n) is 4.38. The van der Waals surface area contributed by atoms with Crippen molar-refractivity contribution in [2.24, 2.45) is 0 Å². The zero-order valence-electron chi connectivity index (χ0n) is 15.7. The Morgan fingerprint density at radius 1 is 0.750 bits per heavy atom. The van der Waals surface area contributed by atoms with Gasteiger partial charge in [0.25, 0.3) is 0 Å². The maximum atomic E-state index is 11.5. The normalized spacial score (nSPS) is 12.3. The number of carbonyl (C=O) groups is 1. The van der Waals surface area contributed by atoms with Crippen molar-refractivity contribution in [3.8, 4) is 0 Å². The topological polar surface area (TPSA) is 26.3 Å². The van der Waals surface area contributed by atoms with Crippen LogP contribution in [0.3, 0.4) is 0 Å². The summed E-state index contributed by atoms with van der Waals surface area (Å²) in [4.78, 5) is 11.3.